The van der Waals surface area contributed by atoms with E-state index < -0.39 is 0 Å². The predicted octanol–water partition coefficient (Wildman–Crippen LogP) is 5.57. The molecule has 0 aliphatic carbocycles. The molecular formula is C27H28ClN3O2. The molecule has 1 unspecified atom stereocenters. The lowest BCUT2D eigenvalue weighted by atomic mass is 9.95. The van der Waals surface area contributed by atoms with Crippen LogP contribution < -0.4 is 10.1 Å². The molecule has 0 fully saturated rings. The van der Waals surface area contributed by atoms with Crippen molar-refractivity contribution in [1.82, 2.24) is 14.9 Å². The van der Waals surface area contributed by atoms with E-state index in [1.165, 1.54) is 0 Å². The maximum absolute atomic E-state index is 12.6. The molecule has 33 heavy (non-hydrogen) atoms. The summed E-state index contributed by atoms with van der Waals surface area (Å²) < 4.78 is 8.19. The minimum Gasteiger partial charge on any atom is -0.486 e. The Morgan fingerprint density at radius 1 is 1.06 bits per heavy atom. The Morgan fingerprint density at radius 2 is 1.82 bits per heavy atom. The van der Waals surface area contributed by atoms with Crippen molar-refractivity contribution in [2.24, 2.45) is 5.92 Å². The van der Waals surface area contributed by atoms with E-state index in [0.717, 1.165) is 33.7 Å². The van der Waals surface area contributed by atoms with Gasteiger partial charge in [0.1, 0.15) is 18.2 Å². The fourth-order valence-electron chi connectivity index (χ4n) is 4.09. The van der Waals surface area contributed by atoms with Gasteiger partial charge in [0.05, 0.1) is 11.0 Å². The summed E-state index contributed by atoms with van der Waals surface area (Å²) in [4.78, 5) is 17.5. The molecule has 0 spiro atoms. The van der Waals surface area contributed by atoms with Crippen LogP contribution in [0.4, 0.5) is 0 Å². The third-order valence-electron chi connectivity index (χ3n) is 5.88. The quantitative estimate of drug-likeness (QED) is 0.354. The molecule has 1 heterocycles. The predicted molar refractivity (Wildman–Crippen MR) is 133 cm³/mol. The van der Waals surface area contributed by atoms with Crippen molar-refractivity contribution in [2.45, 2.75) is 32.9 Å². The van der Waals surface area contributed by atoms with E-state index in [9.17, 15) is 4.79 Å². The van der Waals surface area contributed by atoms with E-state index in [1.807, 2.05) is 48.5 Å². The Morgan fingerprint density at radius 3 is 2.55 bits per heavy atom. The normalized spacial score (nSPS) is 12.0. The number of ether oxygens (including phenoxy) is 1. The first kappa shape index (κ1) is 22.9. The van der Waals surface area contributed by atoms with E-state index in [2.05, 4.69) is 41.1 Å². The van der Waals surface area contributed by atoms with Crippen molar-refractivity contribution in [1.29, 1.82) is 0 Å². The van der Waals surface area contributed by atoms with Gasteiger partial charge in [-0.05, 0) is 61.2 Å². The van der Waals surface area contributed by atoms with Crippen molar-refractivity contribution in [3.63, 3.8) is 0 Å². The first-order valence-corrected chi connectivity index (χ1v) is 11.5. The maximum atomic E-state index is 12.6. The molecule has 1 amide bonds. The molecule has 1 atom stereocenters. The molecule has 4 aromatic rings. The number of para-hydroxylation sites is 1. The second-order valence-corrected chi connectivity index (χ2v) is 8.59. The van der Waals surface area contributed by atoms with Gasteiger partial charge in [-0.2, -0.15) is 0 Å². The third kappa shape index (κ3) is 5.55. The number of nitrogens with one attached hydrogen (secondary N) is 1. The summed E-state index contributed by atoms with van der Waals surface area (Å²) >= 11 is 5.99. The Bertz CT molecular complexity index is 1220. The van der Waals surface area contributed by atoms with Crippen molar-refractivity contribution in [3.05, 3.63) is 94.8 Å². The highest BCUT2D eigenvalue weighted by Crippen LogP contribution is 2.24. The fraction of sp³-hybridized carbons (Fsp3) is 0.259. The number of fused-ring (bicyclic) bond motifs is 1. The van der Waals surface area contributed by atoms with Gasteiger partial charge in [-0.1, -0.05) is 54.1 Å². The lowest BCUT2D eigenvalue weighted by molar-refractivity contribution is -0.124. The van der Waals surface area contributed by atoms with Crippen LogP contribution in [0, 0.1) is 12.8 Å². The highest BCUT2D eigenvalue weighted by atomic mass is 35.5. The van der Waals surface area contributed by atoms with Gasteiger partial charge in [-0.3, -0.25) is 4.79 Å². The van der Waals surface area contributed by atoms with Crippen LogP contribution in [0.15, 0.2) is 72.8 Å². The first-order valence-electron chi connectivity index (χ1n) is 11.1. The smallest absolute Gasteiger partial charge is 0.223 e. The van der Waals surface area contributed by atoms with E-state index in [4.69, 9.17) is 21.3 Å². The molecule has 0 aliphatic rings. The second-order valence-electron chi connectivity index (χ2n) is 8.15. The van der Waals surface area contributed by atoms with Crippen LogP contribution in [0.5, 0.6) is 5.75 Å². The number of amides is 1. The number of imidazole rings is 1. The SMILES string of the molecule is CNC(=O)C(CCn1c(COc2ccc(Cl)cc2)nc2c(C)cccc21)Cc1ccccc1. The second kappa shape index (κ2) is 10.5. The lowest BCUT2D eigenvalue weighted by Crippen LogP contribution is -2.30. The Labute approximate surface area is 199 Å². The van der Waals surface area contributed by atoms with Crippen LogP contribution in [0.3, 0.4) is 0 Å². The Kier molecular flexibility index (Phi) is 7.30. The van der Waals surface area contributed by atoms with Crippen molar-refractivity contribution >= 4 is 28.5 Å². The zero-order valence-corrected chi connectivity index (χ0v) is 19.7. The van der Waals surface area contributed by atoms with E-state index in [0.29, 0.717) is 31.0 Å². The topological polar surface area (TPSA) is 56.2 Å². The van der Waals surface area contributed by atoms with Crippen LogP contribution >= 0.6 is 11.6 Å². The van der Waals surface area contributed by atoms with Crippen LogP contribution in [-0.4, -0.2) is 22.5 Å². The van der Waals surface area contributed by atoms with Crippen LogP contribution in [-0.2, 0) is 24.4 Å². The lowest BCUT2D eigenvalue weighted by Gasteiger charge is -2.17. The van der Waals surface area contributed by atoms with E-state index in [-0.39, 0.29) is 11.8 Å². The van der Waals surface area contributed by atoms with Crippen molar-refractivity contribution < 1.29 is 9.53 Å². The summed E-state index contributed by atoms with van der Waals surface area (Å²) in [5, 5.41) is 3.50. The van der Waals surface area contributed by atoms with Crippen LogP contribution in [0.1, 0.15) is 23.4 Å². The molecule has 1 aromatic heterocycles. The van der Waals surface area contributed by atoms with Gasteiger partial charge in [-0.15, -0.1) is 0 Å². The largest absolute Gasteiger partial charge is 0.486 e. The number of aryl methyl sites for hydroxylation is 2. The Balaban J connectivity index is 1.58. The van der Waals surface area contributed by atoms with Crippen LogP contribution in [0.25, 0.3) is 11.0 Å². The van der Waals surface area contributed by atoms with Gasteiger partial charge in [-0.25, -0.2) is 4.98 Å². The standard InChI is InChI=1S/C27H28ClN3O2/c1-19-7-6-10-24-26(19)30-25(18-33-23-13-11-22(28)12-14-23)31(24)16-15-21(27(32)29-2)17-20-8-4-3-5-9-20/h3-14,21H,15-18H2,1-2H3,(H,29,32). The van der Waals surface area contributed by atoms with Gasteiger partial charge in [0.2, 0.25) is 5.91 Å². The molecule has 3 aromatic carbocycles. The molecule has 0 saturated heterocycles. The zero-order chi connectivity index (χ0) is 23.2. The molecular weight excluding hydrogens is 434 g/mol. The van der Waals surface area contributed by atoms with Gasteiger partial charge >= 0.3 is 0 Å². The molecule has 170 valence electrons. The number of aromatic nitrogens is 2. The summed E-state index contributed by atoms with van der Waals surface area (Å²) in [5.74, 6) is 1.50. The molecule has 5 nitrogen and oxygen atoms in total. The molecule has 6 heteroatoms. The summed E-state index contributed by atoms with van der Waals surface area (Å²) in [6.45, 7) is 3.06. The zero-order valence-electron chi connectivity index (χ0n) is 18.9. The average Bonchev–Trinajstić information content (AvgIpc) is 3.20. The van der Waals surface area contributed by atoms with Gasteiger partial charge in [0, 0.05) is 24.5 Å². The fourth-order valence-corrected chi connectivity index (χ4v) is 4.21. The maximum Gasteiger partial charge on any atom is 0.223 e. The third-order valence-corrected chi connectivity index (χ3v) is 6.14. The van der Waals surface area contributed by atoms with E-state index >= 15 is 0 Å². The summed E-state index contributed by atoms with van der Waals surface area (Å²) in [6.07, 6.45) is 1.39. The van der Waals surface area contributed by atoms with E-state index in [1.54, 1.807) is 7.05 Å². The monoisotopic (exact) mass is 461 g/mol. The molecule has 1 N–H and O–H groups in total. The average molecular weight is 462 g/mol. The van der Waals surface area contributed by atoms with Crippen molar-refractivity contribution in [3.8, 4) is 5.75 Å². The van der Waals surface area contributed by atoms with Gasteiger partial charge < -0.3 is 14.6 Å². The minimum atomic E-state index is -0.135. The summed E-state index contributed by atoms with van der Waals surface area (Å²) in [5.41, 5.74) is 4.29. The van der Waals surface area contributed by atoms with Crippen LogP contribution in [0.2, 0.25) is 5.02 Å². The van der Waals surface area contributed by atoms with Gasteiger partial charge in [0.15, 0.2) is 0 Å². The highest BCUT2D eigenvalue weighted by molar-refractivity contribution is 6.30. The number of hydrogen-bond acceptors (Lipinski definition) is 3. The molecule has 0 radical (unpaired) electrons. The number of carbonyl (C=O) groups is 1. The highest BCUT2D eigenvalue weighted by Gasteiger charge is 2.20. The number of rotatable bonds is 9. The minimum absolute atomic E-state index is 0.0541. The number of benzene rings is 3. The van der Waals surface area contributed by atoms with Gasteiger partial charge in [0.25, 0.3) is 0 Å². The number of hydrogen-bond donors (Lipinski definition) is 1. The Hall–Kier alpha value is -3.31. The van der Waals surface area contributed by atoms with Crippen molar-refractivity contribution in [2.75, 3.05) is 7.05 Å². The number of carbonyl (C=O) groups excluding carboxylic acids is 1. The summed E-state index contributed by atoms with van der Waals surface area (Å²) in [6, 6.07) is 23.6. The number of halogens is 1. The molecule has 4 rings (SSSR count). The molecule has 0 aliphatic heterocycles. The number of nitrogens with zero attached hydrogens (tertiary/aromatic N) is 2. The molecule has 0 saturated carbocycles. The first-order chi connectivity index (χ1) is 16.0. The summed E-state index contributed by atoms with van der Waals surface area (Å²) in [7, 11) is 1.70. The molecule has 0 bridgehead atoms.